The molecule has 9 heteroatoms. The SMILES string of the molecule is Cc1ccc(NC(=O)/C(C#N)=C\c2cc(Br)ccc2OCc2ccc([N+](=O)[O-])cc2)cc1Cl. The number of nitriles is 1. The van der Waals surface area contributed by atoms with Crippen molar-refractivity contribution in [2.45, 2.75) is 13.5 Å². The molecule has 1 N–H and O–H groups in total. The van der Waals surface area contributed by atoms with Gasteiger partial charge in [-0.1, -0.05) is 33.6 Å². The van der Waals surface area contributed by atoms with Crippen molar-refractivity contribution >= 4 is 50.9 Å². The molecule has 0 radical (unpaired) electrons. The van der Waals surface area contributed by atoms with Crippen LogP contribution in [-0.4, -0.2) is 10.8 Å². The maximum Gasteiger partial charge on any atom is 0.269 e. The monoisotopic (exact) mass is 525 g/mol. The Morgan fingerprint density at radius 3 is 2.58 bits per heavy atom. The molecule has 0 saturated carbocycles. The third kappa shape index (κ3) is 6.42. The van der Waals surface area contributed by atoms with E-state index in [-0.39, 0.29) is 17.9 Å². The minimum absolute atomic E-state index is 0.00875. The molecule has 0 fully saturated rings. The van der Waals surface area contributed by atoms with Crippen molar-refractivity contribution in [1.29, 1.82) is 5.26 Å². The van der Waals surface area contributed by atoms with Crippen LogP contribution in [0.15, 0.2) is 70.7 Å². The minimum atomic E-state index is -0.585. The molecule has 0 saturated heterocycles. The Hall–Kier alpha value is -3.67. The highest BCUT2D eigenvalue weighted by Crippen LogP contribution is 2.27. The van der Waals surface area contributed by atoms with Gasteiger partial charge in [-0.05, 0) is 66.6 Å². The van der Waals surface area contributed by atoms with E-state index in [9.17, 15) is 20.2 Å². The van der Waals surface area contributed by atoms with Gasteiger partial charge in [0.1, 0.15) is 24.0 Å². The van der Waals surface area contributed by atoms with Gasteiger partial charge >= 0.3 is 0 Å². The first-order chi connectivity index (χ1) is 15.8. The lowest BCUT2D eigenvalue weighted by Gasteiger charge is -2.11. The number of nitro benzene ring substituents is 1. The number of benzene rings is 3. The fraction of sp³-hybridized carbons (Fsp3) is 0.0833. The summed E-state index contributed by atoms with van der Waals surface area (Å²) in [4.78, 5) is 23.0. The van der Waals surface area contributed by atoms with Crippen LogP contribution in [0.2, 0.25) is 5.02 Å². The summed E-state index contributed by atoms with van der Waals surface area (Å²) in [5.41, 5.74) is 2.46. The van der Waals surface area contributed by atoms with Crippen LogP contribution in [0.25, 0.3) is 6.08 Å². The standard InChI is InChI=1S/C24H17BrClN3O4/c1-15-2-6-20(12-22(15)26)28-24(30)18(13-27)10-17-11-19(25)5-9-23(17)33-14-16-3-7-21(8-4-16)29(31)32/h2-12H,14H2,1H3,(H,28,30)/b18-10-. The lowest BCUT2D eigenvalue weighted by molar-refractivity contribution is -0.384. The van der Waals surface area contributed by atoms with Crippen LogP contribution in [0.1, 0.15) is 16.7 Å². The zero-order chi connectivity index (χ0) is 24.0. The van der Waals surface area contributed by atoms with Crippen LogP contribution >= 0.6 is 27.5 Å². The summed E-state index contributed by atoms with van der Waals surface area (Å²) in [5, 5.41) is 23.5. The molecule has 0 heterocycles. The Kier molecular flexibility index (Phi) is 7.83. The third-order valence-electron chi connectivity index (χ3n) is 4.61. The van der Waals surface area contributed by atoms with Gasteiger partial charge in [0.05, 0.1) is 4.92 Å². The number of nitrogens with one attached hydrogen (secondary N) is 1. The Balaban J connectivity index is 1.81. The average Bonchev–Trinajstić information content (AvgIpc) is 2.79. The fourth-order valence-electron chi connectivity index (χ4n) is 2.81. The lowest BCUT2D eigenvalue weighted by Crippen LogP contribution is -2.13. The van der Waals surface area contributed by atoms with Gasteiger partial charge in [0.2, 0.25) is 0 Å². The zero-order valence-electron chi connectivity index (χ0n) is 17.3. The third-order valence-corrected chi connectivity index (χ3v) is 5.51. The van der Waals surface area contributed by atoms with Crippen molar-refractivity contribution in [3.63, 3.8) is 0 Å². The molecule has 0 aromatic heterocycles. The molecular formula is C24H17BrClN3O4. The van der Waals surface area contributed by atoms with Gasteiger partial charge in [-0.3, -0.25) is 14.9 Å². The molecule has 7 nitrogen and oxygen atoms in total. The predicted octanol–water partition coefficient (Wildman–Crippen LogP) is 6.44. The fourth-order valence-corrected chi connectivity index (χ4v) is 3.37. The average molecular weight is 527 g/mol. The van der Waals surface area contributed by atoms with Crippen molar-refractivity contribution in [1.82, 2.24) is 0 Å². The Bertz CT molecular complexity index is 1280. The van der Waals surface area contributed by atoms with E-state index in [1.807, 2.05) is 13.0 Å². The molecule has 33 heavy (non-hydrogen) atoms. The summed E-state index contributed by atoms with van der Waals surface area (Å²) in [5.74, 6) is -0.144. The van der Waals surface area contributed by atoms with Crippen molar-refractivity contribution in [2.75, 3.05) is 5.32 Å². The van der Waals surface area contributed by atoms with Gasteiger partial charge in [-0.15, -0.1) is 0 Å². The quantitative estimate of drug-likeness (QED) is 0.165. The topological polar surface area (TPSA) is 105 Å². The molecule has 3 rings (SSSR count). The second kappa shape index (κ2) is 10.8. The number of rotatable bonds is 7. The van der Waals surface area contributed by atoms with Crippen LogP contribution in [-0.2, 0) is 11.4 Å². The largest absolute Gasteiger partial charge is 0.488 e. The molecule has 0 atom stereocenters. The summed E-state index contributed by atoms with van der Waals surface area (Å²) in [7, 11) is 0. The van der Waals surface area contributed by atoms with Gasteiger partial charge < -0.3 is 10.1 Å². The lowest BCUT2D eigenvalue weighted by atomic mass is 10.1. The second-order valence-electron chi connectivity index (χ2n) is 6.98. The van der Waals surface area contributed by atoms with Crippen molar-refractivity contribution < 1.29 is 14.5 Å². The highest BCUT2D eigenvalue weighted by atomic mass is 79.9. The Morgan fingerprint density at radius 2 is 1.94 bits per heavy atom. The zero-order valence-corrected chi connectivity index (χ0v) is 19.7. The molecular weight excluding hydrogens is 510 g/mol. The molecule has 0 bridgehead atoms. The molecule has 0 unspecified atom stereocenters. The summed E-state index contributed by atoms with van der Waals surface area (Å²) < 4.78 is 6.59. The number of amides is 1. The molecule has 0 aliphatic rings. The van der Waals surface area contributed by atoms with Crippen molar-refractivity contribution in [3.05, 3.63) is 103 Å². The van der Waals surface area contributed by atoms with E-state index in [0.29, 0.717) is 22.0 Å². The van der Waals surface area contributed by atoms with Gasteiger partial charge in [0.25, 0.3) is 11.6 Å². The molecule has 0 aliphatic heterocycles. The summed E-state index contributed by atoms with van der Waals surface area (Å²) in [6.07, 6.45) is 1.43. The number of carbonyl (C=O) groups is 1. The van der Waals surface area contributed by atoms with E-state index in [4.69, 9.17) is 16.3 Å². The molecule has 0 aliphatic carbocycles. The number of nitrogens with zero attached hydrogens (tertiary/aromatic N) is 2. The number of nitro groups is 1. The first-order valence-corrected chi connectivity index (χ1v) is 10.8. The van der Waals surface area contributed by atoms with Crippen molar-refractivity contribution in [3.8, 4) is 11.8 Å². The minimum Gasteiger partial charge on any atom is -0.488 e. The maximum absolute atomic E-state index is 12.7. The summed E-state index contributed by atoms with van der Waals surface area (Å²) >= 11 is 9.49. The number of ether oxygens (including phenoxy) is 1. The van der Waals surface area contributed by atoms with Crippen molar-refractivity contribution in [2.24, 2.45) is 0 Å². The highest BCUT2D eigenvalue weighted by molar-refractivity contribution is 9.10. The van der Waals surface area contributed by atoms with E-state index >= 15 is 0 Å². The number of hydrogen-bond donors (Lipinski definition) is 1. The van der Waals surface area contributed by atoms with Crippen LogP contribution < -0.4 is 10.1 Å². The number of halogens is 2. The number of hydrogen-bond acceptors (Lipinski definition) is 5. The highest BCUT2D eigenvalue weighted by Gasteiger charge is 2.13. The first kappa shape index (κ1) is 24.0. The van der Waals surface area contributed by atoms with Gasteiger partial charge in [-0.2, -0.15) is 5.26 Å². The van der Waals surface area contributed by atoms with E-state index in [0.717, 1.165) is 15.6 Å². The number of anilines is 1. The Morgan fingerprint density at radius 1 is 1.21 bits per heavy atom. The molecule has 3 aromatic carbocycles. The molecule has 166 valence electrons. The van der Waals surface area contributed by atoms with Gasteiger partial charge in [-0.25, -0.2) is 0 Å². The van der Waals surface area contributed by atoms with E-state index in [2.05, 4.69) is 21.2 Å². The van der Waals surface area contributed by atoms with Crippen LogP contribution in [0.3, 0.4) is 0 Å². The Labute approximate surface area is 203 Å². The van der Waals surface area contributed by atoms with E-state index < -0.39 is 10.8 Å². The normalized spacial score (nSPS) is 10.9. The maximum atomic E-state index is 12.7. The van der Waals surface area contributed by atoms with Crippen LogP contribution in [0.5, 0.6) is 5.75 Å². The molecule has 1 amide bonds. The summed E-state index contributed by atoms with van der Waals surface area (Å²) in [6, 6.07) is 18.2. The smallest absolute Gasteiger partial charge is 0.269 e. The number of non-ortho nitro benzene ring substituents is 1. The van der Waals surface area contributed by atoms with E-state index in [1.165, 1.54) is 18.2 Å². The molecule has 3 aromatic rings. The second-order valence-corrected chi connectivity index (χ2v) is 8.31. The predicted molar refractivity (Wildman–Crippen MR) is 130 cm³/mol. The van der Waals surface area contributed by atoms with Crippen LogP contribution in [0.4, 0.5) is 11.4 Å². The molecule has 0 spiro atoms. The van der Waals surface area contributed by atoms with Gasteiger partial charge in [0.15, 0.2) is 0 Å². The van der Waals surface area contributed by atoms with Gasteiger partial charge in [0, 0.05) is 32.9 Å². The summed E-state index contributed by atoms with van der Waals surface area (Å²) in [6.45, 7) is 2.00. The van der Waals surface area contributed by atoms with E-state index in [1.54, 1.807) is 48.5 Å². The van der Waals surface area contributed by atoms with Crippen LogP contribution in [0, 0.1) is 28.4 Å². The number of carbonyl (C=O) groups excluding carboxylic acids is 1. The number of aryl methyl sites for hydroxylation is 1. The first-order valence-electron chi connectivity index (χ1n) is 9.62.